The van der Waals surface area contributed by atoms with Crippen molar-refractivity contribution in [3.63, 3.8) is 0 Å². The van der Waals surface area contributed by atoms with Gasteiger partial charge < -0.3 is 20.1 Å². The third kappa shape index (κ3) is 4.25. The van der Waals surface area contributed by atoms with Crippen molar-refractivity contribution < 1.29 is 9.84 Å². The van der Waals surface area contributed by atoms with Gasteiger partial charge in [0.25, 0.3) is 0 Å². The second-order valence-electron chi connectivity index (χ2n) is 6.76. The Bertz CT molecular complexity index is 525. The molecule has 0 spiro atoms. The van der Waals surface area contributed by atoms with E-state index < -0.39 is 6.10 Å². The molecule has 2 N–H and O–H groups in total. The van der Waals surface area contributed by atoms with Crippen molar-refractivity contribution in [1.29, 1.82) is 0 Å². The Morgan fingerprint density at radius 2 is 1.87 bits per heavy atom. The first-order valence-corrected chi connectivity index (χ1v) is 8.80. The number of aliphatic hydroxyl groups is 1. The van der Waals surface area contributed by atoms with Crippen LogP contribution in [0.4, 0.5) is 0 Å². The summed E-state index contributed by atoms with van der Waals surface area (Å²) in [4.78, 5) is 2.44. The minimum Gasteiger partial charge on any atom is -0.494 e. The smallest absolute Gasteiger partial charge is 0.122 e. The number of hydrogen-bond donors (Lipinski definition) is 2. The zero-order valence-corrected chi connectivity index (χ0v) is 15.3. The van der Waals surface area contributed by atoms with E-state index in [2.05, 4.69) is 44.0 Å². The number of piperazine rings is 1. The van der Waals surface area contributed by atoms with Crippen LogP contribution in [0.25, 0.3) is 0 Å². The molecule has 1 heterocycles. The molecule has 0 saturated carbocycles. The van der Waals surface area contributed by atoms with Crippen LogP contribution in [0.1, 0.15) is 42.2 Å². The van der Waals surface area contributed by atoms with Crippen LogP contribution in [0.2, 0.25) is 0 Å². The molecule has 1 aliphatic heterocycles. The highest BCUT2D eigenvalue weighted by Crippen LogP contribution is 2.34. The van der Waals surface area contributed by atoms with E-state index >= 15 is 0 Å². The maximum Gasteiger partial charge on any atom is 0.122 e. The third-order valence-electron chi connectivity index (χ3n) is 5.00. The van der Waals surface area contributed by atoms with Gasteiger partial charge in [0.05, 0.1) is 12.7 Å². The molecule has 0 aromatic heterocycles. The van der Waals surface area contributed by atoms with Crippen LogP contribution in [0.3, 0.4) is 0 Å². The van der Waals surface area contributed by atoms with Crippen molar-refractivity contribution in [3.8, 4) is 5.75 Å². The Balaban J connectivity index is 2.17. The van der Waals surface area contributed by atoms with Crippen LogP contribution < -0.4 is 10.1 Å². The normalized spacial score (nSPS) is 18.7. The summed E-state index contributed by atoms with van der Waals surface area (Å²) in [5, 5.41) is 14.3. The van der Waals surface area contributed by atoms with Crippen LogP contribution in [0, 0.1) is 26.7 Å². The fourth-order valence-corrected chi connectivity index (χ4v) is 3.51. The van der Waals surface area contributed by atoms with Gasteiger partial charge in [0, 0.05) is 32.7 Å². The van der Waals surface area contributed by atoms with E-state index in [1.807, 2.05) is 6.92 Å². The highest BCUT2D eigenvalue weighted by atomic mass is 16.5. The SMILES string of the molecule is CCOc1cc(C)c(C(O)C(C)CN2CCNCC2)c(C)c1C. The van der Waals surface area contributed by atoms with E-state index in [1.54, 1.807) is 0 Å². The van der Waals surface area contributed by atoms with Crippen LogP contribution in [0.5, 0.6) is 5.75 Å². The summed E-state index contributed by atoms with van der Waals surface area (Å²) in [7, 11) is 0. The van der Waals surface area contributed by atoms with Crippen molar-refractivity contribution in [1.82, 2.24) is 10.2 Å². The zero-order valence-electron chi connectivity index (χ0n) is 15.3. The molecular formula is C19H32N2O2. The molecule has 23 heavy (non-hydrogen) atoms. The number of benzene rings is 1. The summed E-state index contributed by atoms with van der Waals surface area (Å²) in [6, 6.07) is 2.07. The molecule has 2 atom stereocenters. The molecule has 0 radical (unpaired) electrons. The van der Waals surface area contributed by atoms with Crippen LogP contribution in [-0.2, 0) is 0 Å². The van der Waals surface area contributed by atoms with Crippen molar-refractivity contribution in [2.24, 2.45) is 5.92 Å². The molecule has 1 saturated heterocycles. The molecule has 2 rings (SSSR count). The second-order valence-corrected chi connectivity index (χ2v) is 6.76. The number of hydrogen-bond acceptors (Lipinski definition) is 4. The van der Waals surface area contributed by atoms with E-state index in [9.17, 15) is 5.11 Å². The molecule has 1 aromatic rings. The lowest BCUT2D eigenvalue weighted by Gasteiger charge is -2.32. The summed E-state index contributed by atoms with van der Waals surface area (Å²) >= 11 is 0. The fraction of sp³-hybridized carbons (Fsp3) is 0.684. The Morgan fingerprint density at radius 3 is 2.48 bits per heavy atom. The molecular weight excluding hydrogens is 288 g/mol. The van der Waals surface area contributed by atoms with Crippen LogP contribution >= 0.6 is 0 Å². The van der Waals surface area contributed by atoms with Gasteiger partial charge in [0.2, 0.25) is 0 Å². The number of rotatable bonds is 6. The monoisotopic (exact) mass is 320 g/mol. The number of nitrogens with one attached hydrogen (secondary N) is 1. The van der Waals surface area contributed by atoms with Gasteiger partial charge in [-0.05, 0) is 61.9 Å². The van der Waals surface area contributed by atoms with Crippen molar-refractivity contribution in [3.05, 3.63) is 28.3 Å². The predicted octanol–water partition coefficient (Wildman–Crippen LogP) is 2.59. The lowest BCUT2D eigenvalue weighted by molar-refractivity contribution is 0.0832. The molecule has 1 aromatic carbocycles. The zero-order chi connectivity index (χ0) is 17.0. The number of aryl methyl sites for hydroxylation is 1. The molecule has 4 nitrogen and oxygen atoms in total. The second kappa shape index (κ2) is 8.13. The maximum absolute atomic E-state index is 10.9. The predicted molar refractivity (Wildman–Crippen MR) is 95.3 cm³/mol. The lowest BCUT2D eigenvalue weighted by Crippen LogP contribution is -2.45. The van der Waals surface area contributed by atoms with Gasteiger partial charge in [-0.15, -0.1) is 0 Å². The number of nitrogens with zero attached hydrogens (tertiary/aromatic N) is 1. The van der Waals surface area contributed by atoms with Crippen molar-refractivity contribution >= 4 is 0 Å². The standard InChI is InChI=1S/C19H32N2O2/c1-6-23-17-11-13(2)18(16(5)15(17)4)19(22)14(3)12-21-9-7-20-8-10-21/h11,14,19-20,22H,6-10,12H2,1-5H3. The molecule has 0 aliphatic carbocycles. The summed E-state index contributed by atoms with van der Waals surface area (Å²) in [6.07, 6.45) is -0.431. The molecule has 0 bridgehead atoms. The fourth-order valence-electron chi connectivity index (χ4n) is 3.51. The quantitative estimate of drug-likeness (QED) is 0.846. The van der Waals surface area contributed by atoms with Gasteiger partial charge >= 0.3 is 0 Å². The minimum atomic E-state index is -0.431. The summed E-state index contributed by atoms with van der Waals surface area (Å²) in [5.41, 5.74) is 4.50. The van der Waals surface area contributed by atoms with Crippen molar-refractivity contribution in [2.75, 3.05) is 39.3 Å². The van der Waals surface area contributed by atoms with E-state index in [1.165, 1.54) is 0 Å². The van der Waals surface area contributed by atoms with E-state index in [0.29, 0.717) is 6.61 Å². The summed E-state index contributed by atoms with van der Waals surface area (Å²) in [5.74, 6) is 1.15. The van der Waals surface area contributed by atoms with Gasteiger partial charge in [-0.2, -0.15) is 0 Å². The lowest BCUT2D eigenvalue weighted by atomic mass is 9.88. The Kier molecular flexibility index (Phi) is 6.45. The van der Waals surface area contributed by atoms with Gasteiger partial charge in [-0.1, -0.05) is 6.92 Å². The average molecular weight is 320 g/mol. The molecule has 1 aliphatic rings. The van der Waals surface area contributed by atoms with Gasteiger partial charge in [0.15, 0.2) is 0 Å². The Morgan fingerprint density at radius 1 is 1.22 bits per heavy atom. The number of ether oxygens (including phenoxy) is 1. The highest BCUT2D eigenvalue weighted by molar-refractivity contribution is 5.49. The molecule has 0 amide bonds. The van der Waals surface area contributed by atoms with Crippen molar-refractivity contribution in [2.45, 2.75) is 40.7 Å². The van der Waals surface area contributed by atoms with Crippen LogP contribution in [0.15, 0.2) is 6.07 Å². The highest BCUT2D eigenvalue weighted by Gasteiger charge is 2.24. The third-order valence-corrected chi connectivity index (χ3v) is 5.00. The van der Waals surface area contributed by atoms with Gasteiger partial charge in [-0.3, -0.25) is 0 Å². The molecule has 2 unspecified atom stereocenters. The summed E-state index contributed by atoms with van der Waals surface area (Å²) < 4.78 is 5.72. The van der Waals surface area contributed by atoms with Gasteiger partial charge in [0.1, 0.15) is 5.75 Å². The maximum atomic E-state index is 10.9. The van der Waals surface area contributed by atoms with E-state index in [0.717, 1.165) is 60.7 Å². The molecule has 130 valence electrons. The van der Waals surface area contributed by atoms with E-state index in [4.69, 9.17) is 4.74 Å². The first-order valence-electron chi connectivity index (χ1n) is 8.80. The average Bonchev–Trinajstić information content (AvgIpc) is 2.53. The number of aliphatic hydroxyl groups excluding tert-OH is 1. The minimum absolute atomic E-state index is 0.211. The molecule has 1 fully saturated rings. The van der Waals surface area contributed by atoms with Crippen LogP contribution in [-0.4, -0.2) is 49.3 Å². The summed E-state index contributed by atoms with van der Waals surface area (Å²) in [6.45, 7) is 16.2. The Hall–Kier alpha value is -1.10. The largest absolute Gasteiger partial charge is 0.494 e. The molecule has 4 heteroatoms. The topological polar surface area (TPSA) is 44.7 Å². The Labute approximate surface area is 140 Å². The first-order chi connectivity index (χ1) is 11.0. The van der Waals surface area contributed by atoms with E-state index in [-0.39, 0.29) is 5.92 Å². The first kappa shape index (κ1) is 18.2. The van der Waals surface area contributed by atoms with Gasteiger partial charge in [-0.25, -0.2) is 0 Å².